The van der Waals surface area contributed by atoms with Crippen molar-refractivity contribution in [2.45, 2.75) is 27.7 Å². The van der Waals surface area contributed by atoms with Gasteiger partial charge in [-0.15, -0.1) is 0 Å². The van der Waals surface area contributed by atoms with Crippen LogP contribution in [0.1, 0.15) is 34.5 Å². The molecule has 228 valence electrons. The van der Waals surface area contributed by atoms with Gasteiger partial charge in [0, 0.05) is 29.2 Å². The molecule has 0 amide bonds. The zero-order chi connectivity index (χ0) is 32.3. The predicted octanol–water partition coefficient (Wildman–Crippen LogP) is 11.4. The topological polar surface area (TPSA) is 56.2 Å². The highest BCUT2D eigenvalue weighted by Gasteiger charge is 2.14. The normalized spacial score (nSPS) is 10.3. The summed E-state index contributed by atoms with van der Waals surface area (Å²) in [5, 5.41) is 0. The minimum absolute atomic E-state index is 0.106. The van der Waals surface area contributed by atoms with Gasteiger partial charge in [0.05, 0.1) is 0 Å². The molecular formula is C42H37NO3. The number of carbonyl (C=O) groups is 1. The van der Waals surface area contributed by atoms with Crippen molar-refractivity contribution in [1.29, 1.82) is 0 Å². The molecule has 5 aromatic carbocycles. The lowest BCUT2D eigenvalue weighted by Gasteiger charge is -2.01. The molecule has 0 aliphatic rings. The fraction of sp³-hybridized carbons (Fsp3) is 0.0952. The molecule has 0 aliphatic heterocycles. The number of hydrogen-bond donors (Lipinski definition) is 0. The molecule has 0 bridgehead atoms. The monoisotopic (exact) mass is 603 g/mol. The predicted molar refractivity (Wildman–Crippen MR) is 188 cm³/mol. The van der Waals surface area contributed by atoms with E-state index in [9.17, 15) is 4.79 Å². The molecular weight excluding hydrogens is 566 g/mol. The van der Waals surface area contributed by atoms with Crippen molar-refractivity contribution in [3.05, 3.63) is 174 Å². The lowest BCUT2D eigenvalue weighted by molar-refractivity contribution is 0.101. The van der Waals surface area contributed by atoms with Crippen molar-refractivity contribution in [2.75, 3.05) is 0 Å². The maximum Gasteiger partial charge on any atom is 0.192 e. The van der Waals surface area contributed by atoms with E-state index >= 15 is 0 Å². The minimum atomic E-state index is 0.106. The summed E-state index contributed by atoms with van der Waals surface area (Å²) >= 11 is 0. The van der Waals surface area contributed by atoms with Crippen LogP contribution < -0.4 is 0 Å². The minimum Gasteiger partial charge on any atom is -0.461 e. The number of aryl methyl sites for hydroxylation is 3. The Balaban J connectivity index is 0.000000138. The van der Waals surface area contributed by atoms with E-state index in [-0.39, 0.29) is 5.78 Å². The second-order valence-electron chi connectivity index (χ2n) is 10.9. The van der Waals surface area contributed by atoms with Crippen molar-refractivity contribution in [1.82, 2.24) is 4.98 Å². The van der Waals surface area contributed by atoms with Crippen LogP contribution in [0.5, 0.6) is 0 Å². The lowest BCUT2D eigenvalue weighted by atomic mass is 10.0. The van der Waals surface area contributed by atoms with Gasteiger partial charge in [-0.1, -0.05) is 145 Å². The number of carbonyl (C=O) groups excluding carboxylic acids is 1. The van der Waals surface area contributed by atoms with Crippen molar-refractivity contribution in [2.24, 2.45) is 0 Å². The van der Waals surface area contributed by atoms with E-state index < -0.39 is 0 Å². The first kappa shape index (κ1) is 31.7. The van der Waals surface area contributed by atoms with Gasteiger partial charge in [0.1, 0.15) is 17.2 Å². The molecule has 0 atom stereocenters. The molecule has 2 aromatic heterocycles. The maximum atomic E-state index is 11.1. The summed E-state index contributed by atoms with van der Waals surface area (Å²) in [6, 6.07) is 50.3. The van der Waals surface area contributed by atoms with Crippen LogP contribution in [0.25, 0.3) is 45.0 Å². The van der Waals surface area contributed by atoms with Gasteiger partial charge >= 0.3 is 0 Å². The lowest BCUT2D eigenvalue weighted by Crippen LogP contribution is -1.90. The van der Waals surface area contributed by atoms with Gasteiger partial charge in [-0.05, 0) is 44.0 Å². The van der Waals surface area contributed by atoms with Crippen LogP contribution in [0.2, 0.25) is 0 Å². The summed E-state index contributed by atoms with van der Waals surface area (Å²) < 4.78 is 11.3. The van der Waals surface area contributed by atoms with Gasteiger partial charge in [-0.25, -0.2) is 4.98 Å². The number of oxazole rings is 1. The Morgan fingerprint density at radius 1 is 0.500 bits per heavy atom. The molecule has 7 aromatic rings. The van der Waals surface area contributed by atoms with Crippen LogP contribution in [0.3, 0.4) is 0 Å². The number of nitrogens with zero attached hydrogens (tertiary/aromatic N) is 1. The van der Waals surface area contributed by atoms with E-state index in [1.165, 1.54) is 11.1 Å². The molecule has 0 saturated heterocycles. The molecule has 2 heterocycles. The number of ketones is 1. The first-order chi connectivity index (χ1) is 22.4. The first-order valence-electron chi connectivity index (χ1n) is 15.3. The van der Waals surface area contributed by atoms with Crippen LogP contribution in [-0.2, 0) is 0 Å². The summed E-state index contributed by atoms with van der Waals surface area (Å²) in [7, 11) is 0. The van der Waals surface area contributed by atoms with E-state index in [4.69, 9.17) is 8.83 Å². The van der Waals surface area contributed by atoms with Crippen LogP contribution in [0.4, 0.5) is 0 Å². The summed E-state index contributed by atoms with van der Waals surface area (Å²) in [5.74, 6) is 3.52. The molecule has 4 heteroatoms. The number of aromatic nitrogens is 1. The van der Waals surface area contributed by atoms with Gasteiger partial charge in [-0.3, -0.25) is 4.79 Å². The van der Waals surface area contributed by atoms with Crippen LogP contribution in [-0.4, -0.2) is 10.8 Å². The molecule has 0 fully saturated rings. The molecule has 46 heavy (non-hydrogen) atoms. The molecule has 0 N–H and O–H groups in total. The van der Waals surface area contributed by atoms with Gasteiger partial charge < -0.3 is 8.83 Å². The Kier molecular flexibility index (Phi) is 10.5. The number of rotatable bonds is 5. The van der Waals surface area contributed by atoms with E-state index in [1.54, 1.807) is 6.92 Å². The fourth-order valence-electron chi connectivity index (χ4n) is 4.84. The molecule has 4 nitrogen and oxygen atoms in total. The maximum absolute atomic E-state index is 11.1. The molecule has 0 aliphatic carbocycles. The standard InChI is InChI=1S/C16H13NO.C14H12O.C12H12O/c1-12-17-15(13-8-4-2-5-9-13)16(18-12)14-10-6-3-7-11-14;1-11(15)12-7-9-14(10-8-12)13-5-3-2-4-6-13;1-9-3-6-11(7-4-9)12-8-5-10(2)13-12/h2-11H,1H3;2-10H,1H3;3-8H,1-2H3. The van der Waals surface area contributed by atoms with Crippen LogP contribution in [0.15, 0.2) is 160 Å². The highest BCUT2D eigenvalue weighted by atomic mass is 16.4. The van der Waals surface area contributed by atoms with Crippen LogP contribution >= 0.6 is 0 Å². The van der Waals surface area contributed by atoms with Crippen molar-refractivity contribution < 1.29 is 13.6 Å². The smallest absolute Gasteiger partial charge is 0.192 e. The van der Waals surface area contributed by atoms with Crippen molar-refractivity contribution >= 4 is 5.78 Å². The second-order valence-corrected chi connectivity index (χ2v) is 10.9. The van der Waals surface area contributed by atoms with Crippen molar-refractivity contribution in [3.8, 4) is 45.0 Å². The number of furan rings is 1. The second kappa shape index (κ2) is 15.3. The number of Topliss-reactive ketones (excluding diaryl/α,β-unsaturated/α-hetero) is 1. The van der Waals surface area contributed by atoms with E-state index in [0.29, 0.717) is 5.89 Å². The molecule has 7 rings (SSSR count). The Morgan fingerprint density at radius 2 is 1.00 bits per heavy atom. The average molecular weight is 604 g/mol. The van der Waals surface area contributed by atoms with Gasteiger partial charge in [0.25, 0.3) is 0 Å². The fourth-order valence-corrected chi connectivity index (χ4v) is 4.84. The SMILES string of the molecule is CC(=O)c1ccc(-c2ccccc2)cc1.Cc1ccc(-c2ccc(C)o2)cc1.Cc1nc(-c2ccccc2)c(-c2ccccc2)o1. The van der Waals surface area contributed by atoms with E-state index in [1.807, 2.05) is 129 Å². The molecule has 0 saturated carbocycles. The van der Waals surface area contributed by atoms with Gasteiger partial charge in [0.2, 0.25) is 0 Å². The summed E-state index contributed by atoms with van der Waals surface area (Å²) in [6.45, 7) is 7.49. The van der Waals surface area contributed by atoms with E-state index in [2.05, 4.69) is 48.3 Å². The number of benzene rings is 5. The van der Waals surface area contributed by atoms with Crippen molar-refractivity contribution in [3.63, 3.8) is 0 Å². The molecule has 0 unspecified atom stereocenters. The highest BCUT2D eigenvalue weighted by Crippen LogP contribution is 2.32. The quantitative estimate of drug-likeness (QED) is 0.184. The summed E-state index contributed by atoms with van der Waals surface area (Å²) in [6.07, 6.45) is 0. The first-order valence-corrected chi connectivity index (χ1v) is 15.3. The third-order valence-corrected chi connectivity index (χ3v) is 7.29. The zero-order valence-electron chi connectivity index (χ0n) is 26.6. The zero-order valence-corrected chi connectivity index (χ0v) is 26.6. The Hall–Kier alpha value is -5.74. The largest absolute Gasteiger partial charge is 0.461 e. The van der Waals surface area contributed by atoms with E-state index in [0.717, 1.165) is 50.8 Å². The summed E-state index contributed by atoms with van der Waals surface area (Å²) in [5.41, 5.74) is 8.51. The van der Waals surface area contributed by atoms with Crippen LogP contribution in [0, 0.1) is 20.8 Å². The Morgan fingerprint density at radius 3 is 1.52 bits per heavy atom. The Bertz CT molecular complexity index is 1900. The highest BCUT2D eigenvalue weighted by molar-refractivity contribution is 5.94. The third-order valence-electron chi connectivity index (χ3n) is 7.29. The number of hydrogen-bond acceptors (Lipinski definition) is 4. The molecule has 0 radical (unpaired) electrons. The molecule has 0 spiro atoms. The summed E-state index contributed by atoms with van der Waals surface area (Å²) in [4.78, 5) is 15.6. The third kappa shape index (κ3) is 8.46. The Labute approximate surface area is 271 Å². The average Bonchev–Trinajstić information content (AvgIpc) is 3.72. The van der Waals surface area contributed by atoms with Gasteiger partial charge in [0.15, 0.2) is 17.4 Å². The van der Waals surface area contributed by atoms with Gasteiger partial charge in [-0.2, -0.15) is 0 Å².